The van der Waals surface area contributed by atoms with Gasteiger partial charge in [-0.3, -0.25) is 4.79 Å². The summed E-state index contributed by atoms with van der Waals surface area (Å²) in [6.45, 7) is 4.33. The van der Waals surface area contributed by atoms with E-state index in [0.717, 1.165) is 5.69 Å². The summed E-state index contributed by atoms with van der Waals surface area (Å²) in [4.78, 5) is 11.4. The van der Waals surface area contributed by atoms with Gasteiger partial charge in [-0.15, -0.1) is 0 Å². The Kier molecular flexibility index (Phi) is 2.28. The predicted octanol–water partition coefficient (Wildman–Crippen LogP) is 2.77. The van der Waals surface area contributed by atoms with E-state index in [0.29, 0.717) is 18.3 Å². The lowest BCUT2D eigenvalue weighted by atomic mass is 9.82. The molecule has 0 radical (unpaired) electrons. The van der Waals surface area contributed by atoms with Crippen molar-refractivity contribution in [1.29, 1.82) is 0 Å². The van der Waals surface area contributed by atoms with Crippen molar-refractivity contribution in [2.75, 3.05) is 5.32 Å². The smallest absolute Gasteiger partial charge is 0.225 e. The Morgan fingerprint density at radius 3 is 2.79 bits per heavy atom. The SMILES string of the molecule is CC(C)C1CC(=O)Nc2ccccc21. The van der Waals surface area contributed by atoms with Crippen LogP contribution in [0.2, 0.25) is 0 Å². The number of hydrogen-bond donors (Lipinski definition) is 1. The molecule has 0 aromatic heterocycles. The van der Waals surface area contributed by atoms with E-state index < -0.39 is 0 Å². The monoisotopic (exact) mass is 189 g/mol. The molecule has 14 heavy (non-hydrogen) atoms. The van der Waals surface area contributed by atoms with Gasteiger partial charge in [-0.25, -0.2) is 0 Å². The van der Waals surface area contributed by atoms with Crippen LogP contribution in [-0.2, 0) is 4.79 Å². The highest BCUT2D eigenvalue weighted by Gasteiger charge is 2.26. The lowest BCUT2D eigenvalue weighted by Crippen LogP contribution is -2.25. The van der Waals surface area contributed by atoms with Gasteiger partial charge in [-0.05, 0) is 23.5 Å². The van der Waals surface area contributed by atoms with Crippen LogP contribution in [0.15, 0.2) is 24.3 Å². The number of amides is 1. The van der Waals surface area contributed by atoms with E-state index in [-0.39, 0.29) is 5.91 Å². The summed E-state index contributed by atoms with van der Waals surface area (Å²) in [5, 5.41) is 2.91. The number of nitrogens with one attached hydrogen (secondary N) is 1. The number of para-hydroxylation sites is 1. The number of carbonyl (C=O) groups excluding carboxylic acids is 1. The summed E-state index contributed by atoms with van der Waals surface area (Å²) in [6.07, 6.45) is 0.620. The molecule has 2 rings (SSSR count). The lowest BCUT2D eigenvalue weighted by molar-refractivity contribution is -0.117. The molecule has 1 N–H and O–H groups in total. The zero-order valence-corrected chi connectivity index (χ0v) is 8.58. The molecular formula is C12H15NO. The van der Waals surface area contributed by atoms with Gasteiger partial charge in [0.2, 0.25) is 5.91 Å². The highest BCUT2D eigenvalue weighted by atomic mass is 16.1. The molecule has 1 aliphatic heterocycles. The Morgan fingerprint density at radius 2 is 2.07 bits per heavy atom. The standard InChI is InChI=1S/C12H15NO/c1-8(2)10-7-12(14)13-11-6-4-3-5-9(10)11/h3-6,8,10H,7H2,1-2H3,(H,13,14). The van der Waals surface area contributed by atoms with Gasteiger partial charge in [0.1, 0.15) is 0 Å². The van der Waals surface area contributed by atoms with Crippen LogP contribution in [0.25, 0.3) is 0 Å². The van der Waals surface area contributed by atoms with Crippen molar-refractivity contribution in [3.05, 3.63) is 29.8 Å². The van der Waals surface area contributed by atoms with Crippen LogP contribution in [-0.4, -0.2) is 5.91 Å². The molecule has 1 amide bonds. The maximum absolute atomic E-state index is 11.4. The minimum absolute atomic E-state index is 0.141. The Hall–Kier alpha value is -1.31. The third-order valence-electron chi connectivity index (χ3n) is 2.84. The zero-order chi connectivity index (χ0) is 10.1. The van der Waals surface area contributed by atoms with Crippen molar-refractivity contribution < 1.29 is 4.79 Å². The molecule has 74 valence electrons. The quantitative estimate of drug-likeness (QED) is 0.723. The predicted molar refractivity (Wildman–Crippen MR) is 57.3 cm³/mol. The van der Waals surface area contributed by atoms with Gasteiger partial charge in [0.05, 0.1) is 0 Å². The van der Waals surface area contributed by atoms with E-state index in [9.17, 15) is 4.79 Å². The maximum Gasteiger partial charge on any atom is 0.225 e. The number of hydrogen-bond acceptors (Lipinski definition) is 1. The van der Waals surface area contributed by atoms with E-state index in [4.69, 9.17) is 0 Å². The summed E-state index contributed by atoms with van der Waals surface area (Å²) in [5.74, 6) is 1.03. The minimum atomic E-state index is 0.141. The molecule has 1 aromatic rings. The summed E-state index contributed by atoms with van der Waals surface area (Å²) in [6, 6.07) is 8.08. The molecule has 0 saturated carbocycles. The van der Waals surface area contributed by atoms with Crippen LogP contribution >= 0.6 is 0 Å². The topological polar surface area (TPSA) is 29.1 Å². The van der Waals surface area contributed by atoms with Gasteiger partial charge in [0.15, 0.2) is 0 Å². The second-order valence-electron chi connectivity index (χ2n) is 4.19. The van der Waals surface area contributed by atoms with Crippen molar-refractivity contribution in [1.82, 2.24) is 0 Å². The zero-order valence-electron chi connectivity index (χ0n) is 8.58. The fourth-order valence-electron chi connectivity index (χ4n) is 2.04. The van der Waals surface area contributed by atoms with Crippen molar-refractivity contribution in [2.24, 2.45) is 5.92 Å². The number of rotatable bonds is 1. The van der Waals surface area contributed by atoms with E-state index in [1.807, 2.05) is 18.2 Å². The molecule has 0 saturated heterocycles. The van der Waals surface area contributed by atoms with Gasteiger partial charge < -0.3 is 5.32 Å². The first kappa shape index (κ1) is 9.25. The van der Waals surface area contributed by atoms with Crippen LogP contribution in [0.3, 0.4) is 0 Å². The third-order valence-corrected chi connectivity index (χ3v) is 2.84. The Labute approximate surface area is 84.3 Å². The minimum Gasteiger partial charge on any atom is -0.326 e. The molecule has 1 aliphatic rings. The average Bonchev–Trinajstić information content (AvgIpc) is 2.16. The van der Waals surface area contributed by atoms with Crippen LogP contribution < -0.4 is 5.32 Å². The lowest BCUT2D eigenvalue weighted by Gasteiger charge is -2.28. The van der Waals surface area contributed by atoms with Gasteiger partial charge in [0, 0.05) is 12.1 Å². The van der Waals surface area contributed by atoms with Gasteiger partial charge in [-0.1, -0.05) is 32.0 Å². The number of anilines is 1. The van der Waals surface area contributed by atoms with Crippen LogP contribution in [0.4, 0.5) is 5.69 Å². The Balaban J connectivity index is 2.43. The molecule has 2 nitrogen and oxygen atoms in total. The van der Waals surface area contributed by atoms with E-state index in [1.165, 1.54) is 5.56 Å². The fourth-order valence-corrected chi connectivity index (χ4v) is 2.04. The highest BCUT2D eigenvalue weighted by molar-refractivity contribution is 5.94. The van der Waals surface area contributed by atoms with E-state index >= 15 is 0 Å². The van der Waals surface area contributed by atoms with Crippen LogP contribution in [0.1, 0.15) is 31.7 Å². The molecule has 0 fully saturated rings. The summed E-state index contributed by atoms with van der Waals surface area (Å²) in [5.41, 5.74) is 2.27. The first-order chi connectivity index (χ1) is 6.68. The van der Waals surface area contributed by atoms with Crippen molar-refractivity contribution in [3.8, 4) is 0 Å². The molecular weight excluding hydrogens is 174 g/mol. The number of benzene rings is 1. The van der Waals surface area contributed by atoms with Gasteiger partial charge in [0.25, 0.3) is 0 Å². The van der Waals surface area contributed by atoms with Crippen molar-refractivity contribution in [3.63, 3.8) is 0 Å². The molecule has 0 aliphatic carbocycles. The Morgan fingerprint density at radius 1 is 1.36 bits per heavy atom. The largest absolute Gasteiger partial charge is 0.326 e. The van der Waals surface area contributed by atoms with E-state index in [2.05, 4.69) is 25.2 Å². The first-order valence-electron chi connectivity index (χ1n) is 5.07. The van der Waals surface area contributed by atoms with E-state index in [1.54, 1.807) is 0 Å². The van der Waals surface area contributed by atoms with Crippen molar-refractivity contribution >= 4 is 11.6 Å². The highest BCUT2D eigenvalue weighted by Crippen LogP contribution is 2.36. The molecule has 1 atom stereocenters. The average molecular weight is 189 g/mol. The number of fused-ring (bicyclic) bond motifs is 1. The molecule has 1 unspecified atom stereocenters. The summed E-state index contributed by atoms with van der Waals surface area (Å²) < 4.78 is 0. The molecule has 0 spiro atoms. The second kappa shape index (κ2) is 3.45. The summed E-state index contributed by atoms with van der Waals surface area (Å²) >= 11 is 0. The molecule has 2 heteroatoms. The molecule has 1 aromatic carbocycles. The van der Waals surface area contributed by atoms with Crippen molar-refractivity contribution in [2.45, 2.75) is 26.2 Å². The van der Waals surface area contributed by atoms with Gasteiger partial charge in [-0.2, -0.15) is 0 Å². The second-order valence-corrected chi connectivity index (χ2v) is 4.19. The third kappa shape index (κ3) is 1.52. The van der Waals surface area contributed by atoms with Crippen LogP contribution in [0, 0.1) is 5.92 Å². The Bertz CT molecular complexity index is 357. The van der Waals surface area contributed by atoms with Crippen LogP contribution in [0.5, 0.6) is 0 Å². The number of carbonyl (C=O) groups is 1. The normalized spacial score (nSPS) is 20.5. The fraction of sp³-hybridized carbons (Fsp3) is 0.417. The molecule has 0 bridgehead atoms. The maximum atomic E-state index is 11.4. The molecule has 1 heterocycles. The van der Waals surface area contributed by atoms with Gasteiger partial charge >= 0.3 is 0 Å². The first-order valence-corrected chi connectivity index (χ1v) is 5.07. The summed E-state index contributed by atoms with van der Waals surface area (Å²) in [7, 11) is 0.